The molecule has 2 fully saturated rings. The zero-order valence-corrected chi connectivity index (χ0v) is 32.4. The predicted molar refractivity (Wildman–Crippen MR) is 209 cm³/mol. The summed E-state index contributed by atoms with van der Waals surface area (Å²) in [5.41, 5.74) is 9.08. The van der Waals surface area contributed by atoms with Gasteiger partial charge in [0.25, 0.3) is 5.56 Å². The fraction of sp³-hybridized carbons (Fsp3) is 0.450. The zero-order chi connectivity index (χ0) is 42.2. The lowest BCUT2D eigenvalue weighted by molar-refractivity contribution is -0.192. The SMILES string of the molecule is CC(C)(C)OC(=O)NCC1CCC(C(=O)N(c2ccc3c(=O)[nH][nH]c3c2)[C@@H](Cc2ccc(-c3ccnc(N4CCOCC4)c3)cc2)C(N)=O)CC1.O=C(O)C(F)(F)F. The fourth-order valence-corrected chi connectivity index (χ4v) is 6.93. The van der Waals surface area contributed by atoms with Gasteiger partial charge in [-0.3, -0.25) is 29.5 Å². The Hall–Kier alpha value is -5.91. The maximum absolute atomic E-state index is 14.4. The first-order valence-electron chi connectivity index (χ1n) is 18.9. The third-order valence-corrected chi connectivity index (χ3v) is 9.88. The molecule has 3 heterocycles. The van der Waals surface area contributed by atoms with Gasteiger partial charge < -0.3 is 30.5 Å². The first-order chi connectivity index (χ1) is 27.4. The molecule has 15 nitrogen and oxygen atoms in total. The summed E-state index contributed by atoms with van der Waals surface area (Å²) in [6.45, 7) is 8.85. The number of hydrogen-bond acceptors (Lipinski definition) is 9. The Kier molecular flexibility index (Phi) is 13.8. The van der Waals surface area contributed by atoms with E-state index in [1.807, 2.05) is 51.1 Å². The number of aliphatic carboxylic acids is 1. The molecule has 58 heavy (non-hydrogen) atoms. The van der Waals surface area contributed by atoms with Crippen LogP contribution in [-0.4, -0.2) is 94.8 Å². The van der Waals surface area contributed by atoms with E-state index < -0.39 is 35.8 Å². The molecule has 0 radical (unpaired) electrons. The van der Waals surface area contributed by atoms with Crippen LogP contribution in [0.15, 0.2) is 65.6 Å². The highest BCUT2D eigenvalue weighted by Gasteiger charge is 2.38. The van der Waals surface area contributed by atoms with Crippen molar-refractivity contribution in [1.29, 1.82) is 0 Å². The number of carbonyl (C=O) groups excluding carboxylic acids is 3. The number of amides is 3. The van der Waals surface area contributed by atoms with Gasteiger partial charge in [-0.1, -0.05) is 24.3 Å². The van der Waals surface area contributed by atoms with Gasteiger partial charge in [0.05, 0.1) is 24.1 Å². The van der Waals surface area contributed by atoms with Crippen LogP contribution in [0.5, 0.6) is 0 Å². The summed E-state index contributed by atoms with van der Waals surface area (Å²) in [7, 11) is 0. The van der Waals surface area contributed by atoms with Gasteiger partial charge >= 0.3 is 18.2 Å². The molecular weight excluding hydrogens is 763 g/mol. The smallest absolute Gasteiger partial charge is 0.475 e. The van der Waals surface area contributed by atoms with Crippen molar-refractivity contribution in [1.82, 2.24) is 20.5 Å². The molecule has 4 aromatic rings. The van der Waals surface area contributed by atoms with E-state index >= 15 is 0 Å². The zero-order valence-electron chi connectivity index (χ0n) is 32.4. The third-order valence-electron chi connectivity index (χ3n) is 9.88. The lowest BCUT2D eigenvalue weighted by Gasteiger charge is -2.36. The van der Waals surface area contributed by atoms with Gasteiger partial charge in [-0.15, -0.1) is 0 Å². The van der Waals surface area contributed by atoms with Crippen molar-refractivity contribution in [2.24, 2.45) is 17.6 Å². The number of aromatic nitrogens is 3. The molecule has 2 aromatic heterocycles. The molecule has 312 valence electrons. The summed E-state index contributed by atoms with van der Waals surface area (Å²) >= 11 is 0. The van der Waals surface area contributed by atoms with Crippen molar-refractivity contribution in [2.45, 2.75) is 70.7 Å². The molecule has 0 spiro atoms. The standard InChI is InChI=1S/C38H47N7O6.C2HF3O2/c1-38(2,3)51-37(49)41-23-25-6-10-27(11-7-25)36(48)45(29-12-13-30-31(22-29)42-43-35(30)47)32(34(39)46)20-24-4-8-26(9-5-24)28-14-15-40-33(21-28)44-16-18-50-19-17-44;3-2(4,5)1(6)7/h4-5,8-9,12-15,21-22,25,27,32H,6-7,10-11,16-20,23H2,1-3H3,(H2,39,46)(H,41,49)(H2,42,43,47);(H,6,7)/t25?,27?,32-;/m0./s1. The number of fused-ring (bicyclic) bond motifs is 1. The van der Waals surface area contributed by atoms with Crippen LogP contribution >= 0.6 is 0 Å². The van der Waals surface area contributed by atoms with Crippen LogP contribution < -0.4 is 26.4 Å². The van der Waals surface area contributed by atoms with E-state index in [1.54, 1.807) is 24.4 Å². The molecule has 0 unspecified atom stereocenters. The number of halogens is 3. The number of anilines is 2. The highest BCUT2D eigenvalue weighted by molar-refractivity contribution is 6.03. The highest BCUT2D eigenvalue weighted by Crippen LogP contribution is 2.34. The average Bonchev–Trinajstić information content (AvgIpc) is 3.56. The number of benzene rings is 2. The lowest BCUT2D eigenvalue weighted by Crippen LogP contribution is -2.52. The minimum Gasteiger partial charge on any atom is -0.475 e. The summed E-state index contributed by atoms with van der Waals surface area (Å²) in [5.74, 6) is -2.83. The number of nitrogens with two attached hydrogens (primary N) is 1. The minimum atomic E-state index is -5.08. The number of rotatable bonds is 10. The van der Waals surface area contributed by atoms with E-state index in [9.17, 15) is 32.3 Å². The second kappa shape index (κ2) is 18.6. The van der Waals surface area contributed by atoms with Gasteiger partial charge in [0.15, 0.2) is 0 Å². The molecule has 6 rings (SSSR count). The second-order valence-electron chi connectivity index (χ2n) is 15.2. The Balaban J connectivity index is 0.000000839. The Morgan fingerprint density at radius 1 is 0.983 bits per heavy atom. The number of primary amides is 1. The number of alkyl carbamates (subject to hydrolysis) is 1. The van der Waals surface area contributed by atoms with Crippen LogP contribution in [0.2, 0.25) is 0 Å². The summed E-state index contributed by atoms with van der Waals surface area (Å²) in [5, 5.41) is 15.9. The molecule has 1 atom stereocenters. The van der Waals surface area contributed by atoms with E-state index in [2.05, 4.69) is 31.5 Å². The number of ether oxygens (including phenoxy) is 2. The van der Waals surface area contributed by atoms with E-state index in [4.69, 9.17) is 25.1 Å². The molecule has 1 saturated heterocycles. The number of pyridine rings is 1. The van der Waals surface area contributed by atoms with Crippen molar-refractivity contribution in [2.75, 3.05) is 42.6 Å². The first kappa shape index (κ1) is 43.2. The van der Waals surface area contributed by atoms with Crippen LogP contribution in [0, 0.1) is 11.8 Å². The number of alkyl halides is 3. The number of carbonyl (C=O) groups is 4. The predicted octanol–water partition coefficient (Wildman–Crippen LogP) is 5.15. The van der Waals surface area contributed by atoms with Crippen LogP contribution in [-0.2, 0) is 30.3 Å². The van der Waals surface area contributed by atoms with E-state index in [0.29, 0.717) is 49.2 Å². The molecule has 1 aliphatic heterocycles. The molecule has 6 N–H and O–H groups in total. The molecule has 1 aliphatic carbocycles. The van der Waals surface area contributed by atoms with Crippen LogP contribution in [0.3, 0.4) is 0 Å². The summed E-state index contributed by atoms with van der Waals surface area (Å²) < 4.78 is 42.6. The van der Waals surface area contributed by atoms with E-state index in [1.165, 1.54) is 4.90 Å². The van der Waals surface area contributed by atoms with Gasteiger partial charge in [0.2, 0.25) is 11.8 Å². The lowest BCUT2D eigenvalue weighted by atomic mass is 9.81. The monoisotopic (exact) mass is 811 g/mol. The summed E-state index contributed by atoms with van der Waals surface area (Å²) in [6, 6.07) is 16.0. The van der Waals surface area contributed by atoms with Crippen molar-refractivity contribution in [3.05, 3.63) is 76.7 Å². The van der Waals surface area contributed by atoms with Crippen molar-refractivity contribution < 1.29 is 46.9 Å². The Morgan fingerprint density at radius 2 is 1.64 bits per heavy atom. The normalized spacial score (nSPS) is 17.7. The number of morpholine rings is 1. The van der Waals surface area contributed by atoms with E-state index in [0.717, 1.165) is 48.4 Å². The van der Waals surface area contributed by atoms with Gasteiger partial charge in [-0.05, 0) is 99.4 Å². The van der Waals surface area contributed by atoms with Crippen LogP contribution in [0.4, 0.5) is 29.5 Å². The molecule has 2 aromatic carbocycles. The van der Waals surface area contributed by atoms with E-state index in [-0.39, 0.29) is 29.7 Å². The number of nitrogens with zero attached hydrogens (tertiary/aromatic N) is 3. The topological polar surface area (TPSA) is 213 Å². The fourth-order valence-electron chi connectivity index (χ4n) is 6.93. The number of aromatic amines is 2. The highest BCUT2D eigenvalue weighted by atomic mass is 19.4. The largest absolute Gasteiger partial charge is 0.490 e. The maximum Gasteiger partial charge on any atom is 0.490 e. The third kappa shape index (κ3) is 11.6. The Morgan fingerprint density at radius 3 is 2.24 bits per heavy atom. The maximum atomic E-state index is 14.4. The van der Waals surface area contributed by atoms with Gasteiger partial charge in [0.1, 0.15) is 17.5 Å². The van der Waals surface area contributed by atoms with Crippen molar-refractivity contribution >= 4 is 46.3 Å². The Labute approximate surface area is 332 Å². The molecule has 1 saturated carbocycles. The molecule has 18 heteroatoms. The number of carboxylic acid groups (broad SMARTS) is 1. The second-order valence-corrected chi connectivity index (χ2v) is 15.2. The minimum absolute atomic E-state index is 0.196. The summed E-state index contributed by atoms with van der Waals surface area (Å²) in [6.07, 6.45) is -0.880. The van der Waals surface area contributed by atoms with Crippen LogP contribution in [0.1, 0.15) is 52.0 Å². The Bertz CT molecular complexity index is 2120. The first-order valence-corrected chi connectivity index (χ1v) is 18.9. The molecular formula is C40H48F3N7O8. The number of nitrogens with one attached hydrogen (secondary N) is 3. The van der Waals surface area contributed by atoms with Gasteiger partial charge in [-0.2, -0.15) is 13.2 Å². The molecule has 3 amide bonds. The number of carboxylic acids is 1. The van der Waals surface area contributed by atoms with Crippen molar-refractivity contribution in [3.63, 3.8) is 0 Å². The quantitative estimate of drug-likeness (QED) is 0.142. The molecule has 0 bridgehead atoms. The van der Waals surface area contributed by atoms with Crippen LogP contribution in [0.25, 0.3) is 22.0 Å². The molecule has 2 aliphatic rings. The number of H-pyrrole nitrogens is 2. The average molecular weight is 812 g/mol. The van der Waals surface area contributed by atoms with Gasteiger partial charge in [-0.25, -0.2) is 14.6 Å². The van der Waals surface area contributed by atoms with Gasteiger partial charge in [0, 0.05) is 43.9 Å². The number of hydrogen-bond donors (Lipinski definition) is 5. The van der Waals surface area contributed by atoms with Crippen molar-refractivity contribution in [3.8, 4) is 11.1 Å². The summed E-state index contributed by atoms with van der Waals surface area (Å²) in [4.78, 5) is 69.3.